The van der Waals surface area contributed by atoms with Crippen LogP contribution in [0.15, 0.2) is 23.5 Å². The molecule has 1 fully saturated rings. The van der Waals surface area contributed by atoms with Gasteiger partial charge in [-0.15, -0.1) is 0 Å². The van der Waals surface area contributed by atoms with Crippen LogP contribution in [0.4, 0.5) is 0 Å². The van der Waals surface area contributed by atoms with E-state index in [2.05, 4.69) is 0 Å². The van der Waals surface area contributed by atoms with Crippen LogP contribution in [0.5, 0.6) is 0 Å². The second-order valence-corrected chi connectivity index (χ2v) is 6.12. The Balaban J connectivity index is 2.25. The summed E-state index contributed by atoms with van der Waals surface area (Å²) in [7, 11) is 0. The molecule has 0 aromatic heterocycles. The average Bonchev–Trinajstić information content (AvgIpc) is 2.61. The van der Waals surface area contributed by atoms with Gasteiger partial charge < -0.3 is 44.8 Å². The molecule has 11 heteroatoms. The van der Waals surface area contributed by atoms with Crippen molar-refractivity contribution in [2.45, 2.75) is 50.3 Å². The highest BCUT2D eigenvalue weighted by Crippen LogP contribution is 2.35. The lowest BCUT2D eigenvalue weighted by Crippen LogP contribution is -2.60. The lowest BCUT2D eigenvalue weighted by molar-refractivity contribution is -0.327. The summed E-state index contributed by atoms with van der Waals surface area (Å²) < 4.78 is 15.9. The van der Waals surface area contributed by atoms with E-state index >= 15 is 0 Å². The van der Waals surface area contributed by atoms with Crippen molar-refractivity contribution >= 4 is 11.9 Å². The Labute approximate surface area is 153 Å². The molecule has 0 aliphatic carbocycles. The van der Waals surface area contributed by atoms with Gasteiger partial charge in [0.05, 0.1) is 24.9 Å². The van der Waals surface area contributed by atoms with Crippen LogP contribution in [0, 0.1) is 5.92 Å². The summed E-state index contributed by atoms with van der Waals surface area (Å²) >= 11 is 0. The van der Waals surface area contributed by atoms with E-state index in [1.807, 2.05) is 0 Å². The number of allylic oxidation sites excluding steroid dienone is 1. The number of ether oxygens (including phenoxy) is 3. The smallest absolute Gasteiger partial charge is 0.335 e. The maximum Gasteiger partial charge on any atom is 0.335 e. The maximum atomic E-state index is 11.4. The number of aliphatic hydroxyl groups excluding tert-OH is 4. The van der Waals surface area contributed by atoms with E-state index < -0.39 is 67.9 Å². The largest absolute Gasteiger partial charge is 0.481 e. The standard InChI is InChI=1S/C16H22O11/c1-2-6-7(3-10(18)19)8(14(23)24)5-25-15(6)27-16-13(22)12(21)11(20)9(4-17)26-16/h2,5,7,9,11-13,15-17,20-22H,3-4H2,1H3,(H,18,19)(H,23,24)/b6-2+. The molecule has 0 bridgehead atoms. The normalized spacial score (nSPS) is 38.2. The predicted octanol–water partition coefficient (Wildman–Crippen LogP) is -1.84. The zero-order chi connectivity index (χ0) is 20.3. The lowest BCUT2D eigenvalue weighted by atomic mass is 9.86. The van der Waals surface area contributed by atoms with Gasteiger partial charge in [0.1, 0.15) is 24.4 Å². The Morgan fingerprint density at radius 3 is 2.37 bits per heavy atom. The van der Waals surface area contributed by atoms with Gasteiger partial charge in [-0.1, -0.05) is 6.08 Å². The molecule has 0 saturated carbocycles. The van der Waals surface area contributed by atoms with E-state index in [1.54, 1.807) is 0 Å². The Bertz CT molecular complexity index is 626. The topological polar surface area (TPSA) is 183 Å². The van der Waals surface area contributed by atoms with Crippen molar-refractivity contribution in [2.75, 3.05) is 6.61 Å². The molecule has 7 atom stereocenters. The van der Waals surface area contributed by atoms with Crippen LogP contribution >= 0.6 is 0 Å². The number of aliphatic hydroxyl groups is 4. The summed E-state index contributed by atoms with van der Waals surface area (Å²) in [6.07, 6.45) is -7.20. The van der Waals surface area contributed by atoms with Crippen molar-refractivity contribution in [3.05, 3.63) is 23.5 Å². The molecule has 2 heterocycles. The second-order valence-electron chi connectivity index (χ2n) is 6.12. The van der Waals surface area contributed by atoms with E-state index in [4.69, 9.17) is 19.3 Å². The van der Waals surface area contributed by atoms with E-state index in [-0.39, 0.29) is 11.1 Å². The van der Waals surface area contributed by atoms with Gasteiger partial charge in [-0.2, -0.15) is 0 Å². The number of carboxylic acids is 2. The number of hydrogen-bond acceptors (Lipinski definition) is 9. The fourth-order valence-electron chi connectivity index (χ4n) is 2.99. The summed E-state index contributed by atoms with van der Waals surface area (Å²) in [5.41, 5.74) is -0.103. The summed E-state index contributed by atoms with van der Waals surface area (Å²) in [4.78, 5) is 22.5. The van der Waals surface area contributed by atoms with Crippen LogP contribution in [0.25, 0.3) is 0 Å². The molecule has 0 aromatic carbocycles. The Hall–Kier alpha value is -2.02. The molecular formula is C16H22O11. The highest BCUT2D eigenvalue weighted by atomic mass is 16.8. The minimum atomic E-state index is -1.69. The van der Waals surface area contributed by atoms with Crippen molar-refractivity contribution in [1.82, 2.24) is 0 Å². The molecular weight excluding hydrogens is 368 g/mol. The maximum absolute atomic E-state index is 11.4. The molecule has 2 aliphatic heterocycles. The quantitative estimate of drug-likeness (QED) is 0.280. The van der Waals surface area contributed by atoms with Gasteiger partial charge in [-0.05, 0) is 6.92 Å². The van der Waals surface area contributed by atoms with Crippen LogP contribution in [0.2, 0.25) is 0 Å². The molecule has 0 amide bonds. The van der Waals surface area contributed by atoms with Crippen molar-refractivity contribution < 1.29 is 54.4 Å². The van der Waals surface area contributed by atoms with Crippen LogP contribution in [0.3, 0.4) is 0 Å². The number of carboxylic acid groups (broad SMARTS) is 2. The highest BCUT2D eigenvalue weighted by Gasteiger charge is 2.46. The van der Waals surface area contributed by atoms with Crippen molar-refractivity contribution in [3.63, 3.8) is 0 Å². The fourth-order valence-corrected chi connectivity index (χ4v) is 2.99. The molecule has 27 heavy (non-hydrogen) atoms. The third-order valence-corrected chi connectivity index (χ3v) is 4.43. The van der Waals surface area contributed by atoms with E-state index in [1.165, 1.54) is 13.0 Å². The summed E-state index contributed by atoms with van der Waals surface area (Å²) in [5.74, 6) is -3.64. The number of hydrogen-bond donors (Lipinski definition) is 6. The Kier molecular flexibility index (Phi) is 6.92. The number of aliphatic carboxylic acids is 2. The van der Waals surface area contributed by atoms with Gasteiger partial charge in [0.2, 0.25) is 6.29 Å². The zero-order valence-corrected chi connectivity index (χ0v) is 14.3. The summed E-state index contributed by atoms with van der Waals surface area (Å²) in [5, 5.41) is 57.2. The third kappa shape index (κ3) is 4.46. The fraction of sp³-hybridized carbons (Fsp3) is 0.625. The first-order chi connectivity index (χ1) is 12.7. The van der Waals surface area contributed by atoms with Gasteiger partial charge in [-0.25, -0.2) is 4.79 Å². The van der Waals surface area contributed by atoms with Crippen LogP contribution in [-0.4, -0.2) is 86.2 Å². The monoisotopic (exact) mass is 390 g/mol. The molecule has 0 radical (unpaired) electrons. The average molecular weight is 390 g/mol. The van der Waals surface area contributed by atoms with E-state index in [9.17, 15) is 35.1 Å². The number of carbonyl (C=O) groups is 2. The minimum Gasteiger partial charge on any atom is -0.481 e. The molecule has 2 aliphatic rings. The molecule has 0 spiro atoms. The molecule has 152 valence electrons. The predicted molar refractivity (Wildman–Crippen MR) is 84.9 cm³/mol. The van der Waals surface area contributed by atoms with Crippen molar-refractivity contribution in [1.29, 1.82) is 0 Å². The van der Waals surface area contributed by atoms with Gasteiger partial charge in [0, 0.05) is 11.5 Å². The molecule has 1 saturated heterocycles. The third-order valence-electron chi connectivity index (χ3n) is 4.43. The second kappa shape index (κ2) is 8.78. The van der Waals surface area contributed by atoms with Gasteiger partial charge in [-0.3, -0.25) is 4.79 Å². The number of rotatable bonds is 6. The molecule has 0 aromatic rings. The highest BCUT2D eigenvalue weighted by molar-refractivity contribution is 5.89. The molecule has 2 rings (SSSR count). The minimum absolute atomic E-state index is 0.175. The van der Waals surface area contributed by atoms with Crippen molar-refractivity contribution in [3.8, 4) is 0 Å². The first-order valence-electron chi connectivity index (χ1n) is 8.13. The summed E-state index contributed by atoms with van der Waals surface area (Å²) in [6.45, 7) is 0.874. The van der Waals surface area contributed by atoms with Crippen LogP contribution in [-0.2, 0) is 23.8 Å². The lowest BCUT2D eigenvalue weighted by Gasteiger charge is -2.41. The molecule has 11 nitrogen and oxygen atoms in total. The first kappa shape index (κ1) is 21.3. The Morgan fingerprint density at radius 1 is 1.19 bits per heavy atom. The molecule has 7 unspecified atom stereocenters. The first-order valence-corrected chi connectivity index (χ1v) is 8.13. The van der Waals surface area contributed by atoms with Crippen LogP contribution in [0.1, 0.15) is 13.3 Å². The SMILES string of the molecule is C/C=C1/C(OC2OC(CO)C(O)C(O)C2O)OC=C(C(=O)O)C1CC(=O)O. The van der Waals surface area contributed by atoms with Crippen LogP contribution < -0.4 is 0 Å². The van der Waals surface area contributed by atoms with Gasteiger partial charge in [0.25, 0.3) is 0 Å². The van der Waals surface area contributed by atoms with Gasteiger partial charge >= 0.3 is 11.9 Å². The summed E-state index contributed by atoms with van der Waals surface area (Å²) in [6, 6.07) is 0. The van der Waals surface area contributed by atoms with Crippen molar-refractivity contribution in [2.24, 2.45) is 5.92 Å². The van der Waals surface area contributed by atoms with Gasteiger partial charge in [0.15, 0.2) is 6.29 Å². The van der Waals surface area contributed by atoms with E-state index in [0.29, 0.717) is 0 Å². The Morgan fingerprint density at radius 2 is 1.85 bits per heavy atom. The van der Waals surface area contributed by atoms with E-state index in [0.717, 1.165) is 6.26 Å². The zero-order valence-electron chi connectivity index (χ0n) is 14.3. The molecule has 6 N–H and O–H groups in total.